The van der Waals surface area contributed by atoms with Gasteiger partial charge in [-0.05, 0) is 31.6 Å². The lowest BCUT2D eigenvalue weighted by Crippen LogP contribution is -2.57. The second-order valence-electron chi connectivity index (χ2n) is 6.52. The van der Waals surface area contributed by atoms with Crippen molar-refractivity contribution >= 4 is 0 Å². The van der Waals surface area contributed by atoms with Crippen LogP contribution >= 0.6 is 0 Å². The third-order valence-electron chi connectivity index (χ3n) is 4.85. The van der Waals surface area contributed by atoms with E-state index in [1.54, 1.807) is 0 Å². The van der Waals surface area contributed by atoms with Gasteiger partial charge in [0.1, 0.15) is 0 Å². The average Bonchev–Trinajstić information content (AvgIpc) is 2.57. The van der Waals surface area contributed by atoms with E-state index in [1.165, 1.54) is 64.2 Å². The van der Waals surface area contributed by atoms with Gasteiger partial charge in [-0.25, -0.2) is 0 Å². The first-order valence-electron chi connectivity index (χ1n) is 7.72. The molecule has 0 spiro atoms. The van der Waals surface area contributed by atoms with Crippen LogP contribution in [-0.4, -0.2) is 18.1 Å². The normalized spacial score (nSPS) is 36.7. The topological polar surface area (TPSA) is 38.0 Å². The maximum absolute atomic E-state index is 6.09. The van der Waals surface area contributed by atoms with Crippen LogP contribution in [0.15, 0.2) is 0 Å². The van der Waals surface area contributed by atoms with Gasteiger partial charge in [-0.15, -0.1) is 0 Å². The van der Waals surface area contributed by atoms with Gasteiger partial charge in [0.2, 0.25) is 0 Å². The minimum Gasteiger partial charge on any atom is -0.329 e. The van der Waals surface area contributed by atoms with Crippen LogP contribution < -0.4 is 11.1 Å². The number of hydrogen-bond acceptors (Lipinski definition) is 2. The molecule has 0 aromatic heterocycles. The Morgan fingerprint density at radius 2 is 1.76 bits per heavy atom. The summed E-state index contributed by atoms with van der Waals surface area (Å²) >= 11 is 0. The van der Waals surface area contributed by atoms with E-state index in [1.807, 2.05) is 0 Å². The van der Waals surface area contributed by atoms with Gasteiger partial charge in [0.15, 0.2) is 0 Å². The molecule has 0 aliphatic heterocycles. The molecule has 2 aliphatic rings. The lowest BCUT2D eigenvalue weighted by Gasteiger charge is -2.42. The molecular formula is C15H30N2. The molecule has 2 fully saturated rings. The van der Waals surface area contributed by atoms with E-state index in [0.717, 1.165) is 18.5 Å². The van der Waals surface area contributed by atoms with Crippen LogP contribution in [0.25, 0.3) is 0 Å². The van der Waals surface area contributed by atoms with Crippen LogP contribution in [0.5, 0.6) is 0 Å². The van der Waals surface area contributed by atoms with Crippen LogP contribution in [-0.2, 0) is 0 Å². The summed E-state index contributed by atoms with van der Waals surface area (Å²) in [5.74, 6) is 0.852. The molecule has 0 saturated heterocycles. The van der Waals surface area contributed by atoms with Crippen LogP contribution in [0.1, 0.15) is 71.1 Å². The molecule has 2 rings (SSSR count). The molecule has 0 heterocycles. The van der Waals surface area contributed by atoms with Gasteiger partial charge in [0.05, 0.1) is 0 Å². The molecule has 2 unspecified atom stereocenters. The summed E-state index contributed by atoms with van der Waals surface area (Å²) in [6.07, 6.45) is 13.8. The molecule has 0 bridgehead atoms. The zero-order valence-corrected chi connectivity index (χ0v) is 11.5. The fourth-order valence-corrected chi connectivity index (χ4v) is 3.89. The second-order valence-corrected chi connectivity index (χ2v) is 6.52. The molecule has 0 amide bonds. The summed E-state index contributed by atoms with van der Waals surface area (Å²) in [5.41, 5.74) is 6.36. The van der Waals surface area contributed by atoms with E-state index in [2.05, 4.69) is 12.2 Å². The Labute approximate surface area is 107 Å². The van der Waals surface area contributed by atoms with E-state index in [4.69, 9.17) is 5.73 Å². The highest BCUT2D eigenvalue weighted by atomic mass is 15.0. The summed E-state index contributed by atoms with van der Waals surface area (Å²) in [5, 5.41) is 3.97. The van der Waals surface area contributed by atoms with Gasteiger partial charge in [0.25, 0.3) is 0 Å². The molecule has 0 aromatic carbocycles. The Morgan fingerprint density at radius 3 is 2.35 bits per heavy atom. The lowest BCUT2D eigenvalue weighted by molar-refractivity contribution is 0.169. The Bertz CT molecular complexity index is 221. The molecule has 2 heteroatoms. The zero-order chi connectivity index (χ0) is 12.1. The molecular weight excluding hydrogens is 208 g/mol. The molecule has 0 radical (unpaired) electrons. The highest BCUT2D eigenvalue weighted by molar-refractivity contribution is 4.96. The average molecular weight is 238 g/mol. The Hall–Kier alpha value is -0.0800. The van der Waals surface area contributed by atoms with E-state index in [0.29, 0.717) is 0 Å². The molecule has 2 aliphatic carbocycles. The molecule has 3 N–H and O–H groups in total. The van der Waals surface area contributed by atoms with Gasteiger partial charge in [-0.2, -0.15) is 0 Å². The first-order chi connectivity index (χ1) is 8.24. The van der Waals surface area contributed by atoms with Crippen molar-refractivity contribution in [3.63, 3.8) is 0 Å². The second kappa shape index (κ2) is 6.19. The number of nitrogens with two attached hydrogens (primary N) is 1. The maximum atomic E-state index is 6.09. The molecule has 100 valence electrons. The maximum Gasteiger partial charge on any atom is 0.0308 e. The highest BCUT2D eigenvalue weighted by Crippen LogP contribution is 2.33. The van der Waals surface area contributed by atoms with Gasteiger partial charge < -0.3 is 11.1 Å². The van der Waals surface area contributed by atoms with E-state index < -0.39 is 0 Å². The summed E-state index contributed by atoms with van der Waals surface area (Å²) < 4.78 is 0. The van der Waals surface area contributed by atoms with Crippen LogP contribution in [0.3, 0.4) is 0 Å². The van der Waals surface area contributed by atoms with Gasteiger partial charge in [-0.3, -0.25) is 0 Å². The zero-order valence-electron chi connectivity index (χ0n) is 11.5. The van der Waals surface area contributed by atoms with Crippen LogP contribution in [0.2, 0.25) is 0 Å². The van der Waals surface area contributed by atoms with Gasteiger partial charge >= 0.3 is 0 Å². The Kier molecular flexibility index (Phi) is 4.87. The summed E-state index contributed by atoms with van der Waals surface area (Å²) in [7, 11) is 0. The third-order valence-corrected chi connectivity index (χ3v) is 4.85. The first-order valence-corrected chi connectivity index (χ1v) is 7.72. The number of hydrogen-bond donors (Lipinski definition) is 2. The van der Waals surface area contributed by atoms with Crippen molar-refractivity contribution in [1.82, 2.24) is 5.32 Å². The van der Waals surface area contributed by atoms with Gasteiger partial charge in [-0.1, -0.05) is 45.4 Å². The quantitative estimate of drug-likeness (QED) is 0.741. The first kappa shape index (κ1) is 13.4. The SMILES string of the molecule is CC1CCCC(CN)(NC2CCCCCC2)C1. The van der Waals surface area contributed by atoms with E-state index >= 15 is 0 Å². The Balaban J connectivity index is 1.92. The monoisotopic (exact) mass is 238 g/mol. The molecule has 17 heavy (non-hydrogen) atoms. The van der Waals surface area contributed by atoms with Crippen molar-refractivity contribution in [3.8, 4) is 0 Å². The van der Waals surface area contributed by atoms with Crippen molar-refractivity contribution in [3.05, 3.63) is 0 Å². The largest absolute Gasteiger partial charge is 0.329 e. The van der Waals surface area contributed by atoms with Crippen molar-refractivity contribution in [2.45, 2.75) is 82.7 Å². The fourth-order valence-electron chi connectivity index (χ4n) is 3.89. The van der Waals surface area contributed by atoms with Crippen molar-refractivity contribution in [2.75, 3.05) is 6.54 Å². The van der Waals surface area contributed by atoms with Crippen molar-refractivity contribution in [2.24, 2.45) is 11.7 Å². The molecule has 2 saturated carbocycles. The Morgan fingerprint density at radius 1 is 1.06 bits per heavy atom. The molecule has 0 aromatic rings. The predicted octanol–water partition coefficient (Wildman–Crippen LogP) is 3.21. The van der Waals surface area contributed by atoms with Crippen molar-refractivity contribution < 1.29 is 0 Å². The minimum absolute atomic E-state index is 0.271. The molecule has 2 atom stereocenters. The van der Waals surface area contributed by atoms with Crippen LogP contribution in [0.4, 0.5) is 0 Å². The lowest BCUT2D eigenvalue weighted by atomic mass is 9.75. The number of nitrogens with one attached hydrogen (secondary N) is 1. The predicted molar refractivity (Wildman–Crippen MR) is 74.0 cm³/mol. The van der Waals surface area contributed by atoms with E-state index in [9.17, 15) is 0 Å². The van der Waals surface area contributed by atoms with Crippen molar-refractivity contribution in [1.29, 1.82) is 0 Å². The summed E-state index contributed by atoms with van der Waals surface area (Å²) in [6, 6.07) is 0.742. The highest BCUT2D eigenvalue weighted by Gasteiger charge is 2.35. The number of rotatable bonds is 3. The molecule has 2 nitrogen and oxygen atoms in total. The standard InChI is InChI=1S/C15H30N2/c1-13-7-6-10-15(11-13,12-16)17-14-8-4-2-3-5-9-14/h13-14,17H,2-12,16H2,1H3. The van der Waals surface area contributed by atoms with Gasteiger partial charge in [0, 0.05) is 18.1 Å². The van der Waals surface area contributed by atoms with E-state index in [-0.39, 0.29) is 5.54 Å². The smallest absolute Gasteiger partial charge is 0.0308 e. The summed E-state index contributed by atoms with van der Waals surface area (Å²) in [4.78, 5) is 0. The summed E-state index contributed by atoms with van der Waals surface area (Å²) in [6.45, 7) is 3.21. The fraction of sp³-hybridized carbons (Fsp3) is 1.00. The third kappa shape index (κ3) is 3.69. The van der Waals surface area contributed by atoms with Crippen LogP contribution in [0, 0.1) is 5.92 Å². The minimum atomic E-state index is 0.271.